The number of quaternary nitrogens is 1. The number of ether oxygens (including phenoxy) is 1. The fourth-order valence-corrected chi connectivity index (χ4v) is 3.30. The minimum atomic E-state index is 0.0164. The van der Waals surface area contributed by atoms with Crippen LogP contribution >= 0.6 is 0 Å². The molecule has 4 nitrogen and oxygen atoms in total. The first-order valence-corrected chi connectivity index (χ1v) is 9.56. The van der Waals surface area contributed by atoms with Gasteiger partial charge in [0.05, 0.1) is 26.1 Å². The minimum Gasteiger partial charge on any atom is -0.493 e. The van der Waals surface area contributed by atoms with E-state index in [1.165, 1.54) is 37.1 Å². The molecule has 0 spiro atoms. The van der Waals surface area contributed by atoms with Crippen molar-refractivity contribution in [2.45, 2.75) is 39.3 Å². The molecule has 2 N–H and O–H groups in total. The van der Waals surface area contributed by atoms with E-state index in [2.05, 4.69) is 29.6 Å². The first kappa shape index (κ1) is 18.5. The van der Waals surface area contributed by atoms with Gasteiger partial charge in [0.1, 0.15) is 12.3 Å². The number of hydrogen-bond acceptors (Lipinski definition) is 2. The maximum Gasteiger partial charge on any atom is 0.223 e. The van der Waals surface area contributed by atoms with Gasteiger partial charge in [-0.1, -0.05) is 42.0 Å². The average molecular weight is 353 g/mol. The summed E-state index contributed by atoms with van der Waals surface area (Å²) >= 11 is 0. The smallest absolute Gasteiger partial charge is 0.223 e. The van der Waals surface area contributed by atoms with E-state index >= 15 is 0 Å². The van der Waals surface area contributed by atoms with Crippen molar-refractivity contribution in [1.29, 1.82) is 0 Å². The SMILES string of the molecule is Cc1ccc(OCCC(=O)NCc2ccc(C[NH+]3CCCC3)cc2)cc1. The van der Waals surface area contributed by atoms with Crippen LogP contribution in [-0.2, 0) is 17.9 Å². The molecule has 1 heterocycles. The lowest BCUT2D eigenvalue weighted by Crippen LogP contribution is -3.08. The number of carbonyl (C=O) groups excluding carboxylic acids is 1. The van der Waals surface area contributed by atoms with Gasteiger partial charge in [0, 0.05) is 24.9 Å². The second-order valence-corrected chi connectivity index (χ2v) is 7.14. The first-order chi connectivity index (χ1) is 12.7. The van der Waals surface area contributed by atoms with Gasteiger partial charge in [0.15, 0.2) is 0 Å². The van der Waals surface area contributed by atoms with Gasteiger partial charge in [0.2, 0.25) is 5.91 Å². The fraction of sp³-hybridized carbons (Fsp3) is 0.409. The lowest BCUT2D eigenvalue weighted by molar-refractivity contribution is -0.901. The number of hydrogen-bond donors (Lipinski definition) is 2. The summed E-state index contributed by atoms with van der Waals surface area (Å²) in [4.78, 5) is 13.6. The van der Waals surface area contributed by atoms with E-state index < -0.39 is 0 Å². The van der Waals surface area contributed by atoms with Crippen LogP contribution in [0.2, 0.25) is 0 Å². The third-order valence-corrected chi connectivity index (χ3v) is 4.90. The summed E-state index contributed by atoms with van der Waals surface area (Å²) < 4.78 is 5.60. The Morgan fingerprint density at radius 1 is 1.00 bits per heavy atom. The Morgan fingerprint density at radius 3 is 2.35 bits per heavy atom. The molecular weight excluding hydrogens is 324 g/mol. The molecule has 1 aliphatic heterocycles. The number of rotatable bonds is 8. The summed E-state index contributed by atoms with van der Waals surface area (Å²) in [6, 6.07) is 16.5. The standard InChI is InChI=1S/C22H28N2O2/c1-18-4-10-21(11-5-18)26-15-12-22(25)23-16-19-6-8-20(9-7-19)17-24-13-2-3-14-24/h4-11H,2-3,12-17H2,1H3,(H,23,25)/p+1. The van der Waals surface area contributed by atoms with E-state index in [0.29, 0.717) is 19.6 Å². The Balaban J connectivity index is 1.35. The number of benzene rings is 2. The molecule has 0 bridgehead atoms. The summed E-state index contributed by atoms with van der Waals surface area (Å²) in [5.74, 6) is 0.821. The summed E-state index contributed by atoms with van der Waals surface area (Å²) in [5, 5.41) is 2.96. The third-order valence-electron chi connectivity index (χ3n) is 4.90. The number of nitrogens with one attached hydrogen (secondary N) is 2. The molecule has 0 unspecified atom stereocenters. The van der Waals surface area contributed by atoms with Crippen LogP contribution in [0.15, 0.2) is 48.5 Å². The molecule has 2 aromatic rings. The molecule has 0 atom stereocenters. The van der Waals surface area contributed by atoms with Gasteiger partial charge in [0.25, 0.3) is 0 Å². The molecule has 138 valence electrons. The molecule has 3 rings (SSSR count). The van der Waals surface area contributed by atoms with E-state index in [1.54, 1.807) is 4.90 Å². The van der Waals surface area contributed by atoms with Crippen LogP contribution in [0.1, 0.15) is 36.0 Å². The lowest BCUT2D eigenvalue weighted by Gasteiger charge is -2.12. The minimum absolute atomic E-state index is 0.0164. The van der Waals surface area contributed by atoms with Crippen molar-refractivity contribution in [2.75, 3.05) is 19.7 Å². The largest absolute Gasteiger partial charge is 0.493 e. The zero-order chi connectivity index (χ0) is 18.2. The van der Waals surface area contributed by atoms with Crippen molar-refractivity contribution >= 4 is 5.91 Å². The molecule has 1 fully saturated rings. The predicted octanol–water partition coefficient (Wildman–Crippen LogP) is 2.26. The molecule has 1 saturated heterocycles. The van der Waals surface area contributed by atoms with E-state index in [9.17, 15) is 4.79 Å². The quantitative estimate of drug-likeness (QED) is 0.764. The van der Waals surface area contributed by atoms with Crippen molar-refractivity contribution in [3.8, 4) is 5.75 Å². The topological polar surface area (TPSA) is 42.8 Å². The summed E-state index contributed by atoms with van der Waals surface area (Å²) in [7, 11) is 0. The van der Waals surface area contributed by atoms with Crippen LogP contribution in [0.3, 0.4) is 0 Å². The van der Waals surface area contributed by atoms with Crippen molar-refractivity contribution in [3.63, 3.8) is 0 Å². The van der Waals surface area contributed by atoms with Gasteiger partial charge in [-0.25, -0.2) is 0 Å². The van der Waals surface area contributed by atoms with Crippen LogP contribution < -0.4 is 15.0 Å². The van der Waals surface area contributed by atoms with E-state index in [1.807, 2.05) is 31.2 Å². The first-order valence-electron chi connectivity index (χ1n) is 9.56. The van der Waals surface area contributed by atoms with Gasteiger partial charge in [-0.05, 0) is 24.6 Å². The molecule has 0 radical (unpaired) electrons. The highest BCUT2D eigenvalue weighted by molar-refractivity contribution is 5.76. The monoisotopic (exact) mass is 353 g/mol. The van der Waals surface area contributed by atoms with Crippen LogP contribution in [0.5, 0.6) is 5.75 Å². The summed E-state index contributed by atoms with van der Waals surface area (Å²) in [6.07, 6.45) is 3.07. The third kappa shape index (κ3) is 5.88. The average Bonchev–Trinajstić information content (AvgIpc) is 3.16. The molecule has 0 aliphatic carbocycles. The molecule has 26 heavy (non-hydrogen) atoms. The maximum absolute atomic E-state index is 12.0. The van der Waals surface area contributed by atoms with Crippen molar-refractivity contribution in [3.05, 3.63) is 65.2 Å². The Kier molecular flexibility index (Phi) is 6.67. The van der Waals surface area contributed by atoms with E-state index in [4.69, 9.17) is 4.74 Å². The molecule has 2 aromatic carbocycles. The molecule has 1 aliphatic rings. The van der Waals surface area contributed by atoms with Gasteiger partial charge in [-0.15, -0.1) is 0 Å². The lowest BCUT2D eigenvalue weighted by atomic mass is 10.1. The van der Waals surface area contributed by atoms with Crippen molar-refractivity contribution in [1.82, 2.24) is 5.32 Å². The van der Waals surface area contributed by atoms with E-state index in [-0.39, 0.29) is 5.91 Å². The highest BCUT2D eigenvalue weighted by Gasteiger charge is 2.15. The zero-order valence-electron chi connectivity index (χ0n) is 15.6. The molecule has 0 saturated carbocycles. The Hall–Kier alpha value is -2.33. The van der Waals surface area contributed by atoms with Crippen LogP contribution in [0.25, 0.3) is 0 Å². The molecule has 4 heteroatoms. The van der Waals surface area contributed by atoms with Crippen molar-refractivity contribution < 1.29 is 14.4 Å². The maximum atomic E-state index is 12.0. The van der Waals surface area contributed by atoms with Gasteiger partial charge in [-0.2, -0.15) is 0 Å². The molecule has 0 aromatic heterocycles. The van der Waals surface area contributed by atoms with Crippen LogP contribution in [0.4, 0.5) is 0 Å². The van der Waals surface area contributed by atoms with Crippen LogP contribution in [0, 0.1) is 6.92 Å². The molecular formula is C22H29N2O2+. The predicted molar refractivity (Wildman–Crippen MR) is 103 cm³/mol. The van der Waals surface area contributed by atoms with Gasteiger partial charge in [-0.3, -0.25) is 4.79 Å². The number of amides is 1. The van der Waals surface area contributed by atoms with Crippen molar-refractivity contribution in [2.24, 2.45) is 0 Å². The van der Waals surface area contributed by atoms with E-state index in [0.717, 1.165) is 17.9 Å². The zero-order valence-corrected chi connectivity index (χ0v) is 15.6. The van der Waals surface area contributed by atoms with Crippen LogP contribution in [-0.4, -0.2) is 25.6 Å². The van der Waals surface area contributed by atoms with Gasteiger partial charge < -0.3 is 15.0 Å². The number of carbonyl (C=O) groups is 1. The fourth-order valence-electron chi connectivity index (χ4n) is 3.30. The Morgan fingerprint density at radius 2 is 1.65 bits per heavy atom. The normalized spacial score (nSPS) is 14.3. The summed E-state index contributed by atoms with van der Waals surface area (Å²) in [5.41, 5.74) is 3.71. The Bertz CT molecular complexity index is 689. The number of aryl methyl sites for hydroxylation is 1. The second kappa shape index (κ2) is 9.39. The highest BCUT2D eigenvalue weighted by Crippen LogP contribution is 2.11. The molecule has 1 amide bonds. The van der Waals surface area contributed by atoms with Gasteiger partial charge >= 0.3 is 0 Å². The highest BCUT2D eigenvalue weighted by atomic mass is 16.5. The summed E-state index contributed by atoms with van der Waals surface area (Å²) in [6.45, 7) is 6.71. The Labute approximate surface area is 156 Å². The second-order valence-electron chi connectivity index (χ2n) is 7.14. The number of likely N-dealkylation sites (tertiary alicyclic amines) is 1.